The third-order valence-electron chi connectivity index (χ3n) is 5.23. The number of carbonyl (C=O) groups is 1. The molecule has 8 heteroatoms. The molecule has 4 rings (SSSR count). The highest BCUT2D eigenvalue weighted by molar-refractivity contribution is 6.32. The van der Waals surface area contributed by atoms with E-state index in [9.17, 15) is 14.7 Å². The van der Waals surface area contributed by atoms with E-state index in [1.165, 1.54) is 16.8 Å². The number of aromatic nitrogens is 2. The normalized spacial score (nSPS) is 11.4. The van der Waals surface area contributed by atoms with Gasteiger partial charge in [-0.2, -0.15) is 0 Å². The zero-order chi connectivity index (χ0) is 24.9. The molecule has 7 nitrogen and oxygen atoms in total. The molecule has 4 aromatic rings. The van der Waals surface area contributed by atoms with Crippen LogP contribution in [0.5, 0.6) is 11.5 Å². The molecule has 0 saturated carbocycles. The van der Waals surface area contributed by atoms with Crippen LogP contribution in [0.3, 0.4) is 0 Å². The van der Waals surface area contributed by atoms with Gasteiger partial charge in [0.25, 0.3) is 5.56 Å². The molecule has 0 aliphatic carbocycles. The lowest BCUT2D eigenvalue weighted by atomic mass is 10.1. The lowest BCUT2D eigenvalue weighted by molar-refractivity contribution is 0.0697. The Hall–Kier alpha value is -4.23. The lowest BCUT2D eigenvalue weighted by Crippen LogP contribution is -2.34. The maximum atomic E-state index is 13.1. The molecule has 3 aromatic carbocycles. The first kappa shape index (κ1) is 23.9. The maximum absolute atomic E-state index is 13.1. The number of halogens is 1. The summed E-state index contributed by atoms with van der Waals surface area (Å²) in [6.07, 6.45) is 1.65. The van der Waals surface area contributed by atoms with Crippen molar-refractivity contribution in [3.63, 3.8) is 0 Å². The molecule has 35 heavy (non-hydrogen) atoms. The molecule has 0 saturated heterocycles. The Balaban J connectivity index is 1.73. The average molecular weight is 491 g/mol. The zero-order valence-corrected chi connectivity index (χ0v) is 19.7. The van der Waals surface area contributed by atoms with Crippen molar-refractivity contribution in [3.05, 3.63) is 109 Å². The van der Waals surface area contributed by atoms with Gasteiger partial charge in [-0.25, -0.2) is 9.48 Å². The van der Waals surface area contributed by atoms with E-state index < -0.39 is 5.97 Å². The van der Waals surface area contributed by atoms with Gasteiger partial charge in [0.2, 0.25) is 0 Å². The highest BCUT2D eigenvalue weighted by Gasteiger charge is 2.14. The maximum Gasteiger partial charge on any atom is 0.335 e. The minimum absolute atomic E-state index is 0.0689. The number of hydrogen-bond donors (Lipinski definition) is 2. The minimum atomic E-state index is -1.08. The molecule has 0 spiro atoms. The van der Waals surface area contributed by atoms with Crippen molar-refractivity contribution >= 4 is 30.2 Å². The van der Waals surface area contributed by atoms with E-state index in [-0.39, 0.29) is 11.1 Å². The molecule has 0 radical (unpaired) electrons. The number of nitrogens with zero attached hydrogens (tertiary/aromatic N) is 1. The number of benzene rings is 3. The summed E-state index contributed by atoms with van der Waals surface area (Å²) in [7, 11) is 0. The van der Waals surface area contributed by atoms with E-state index in [2.05, 4.69) is 11.7 Å². The van der Waals surface area contributed by atoms with Gasteiger partial charge in [0.05, 0.1) is 33.4 Å². The SMILES string of the molecule is C=c1[nH]n(-c2cccc(C(=O)O)c2)c(=O)/c1=C/c1cc(Cl)c(OCc2ccccc2)c(OCC)c1. The molecule has 0 amide bonds. The third-order valence-corrected chi connectivity index (χ3v) is 5.51. The summed E-state index contributed by atoms with van der Waals surface area (Å²) in [5.74, 6) is -0.208. The predicted molar refractivity (Wildman–Crippen MR) is 135 cm³/mol. The smallest absolute Gasteiger partial charge is 0.335 e. The second-order valence-electron chi connectivity index (χ2n) is 7.68. The Kier molecular flexibility index (Phi) is 7.08. The van der Waals surface area contributed by atoms with Gasteiger partial charge in [-0.1, -0.05) is 54.6 Å². The largest absolute Gasteiger partial charge is 0.490 e. The number of carboxylic acids is 1. The molecule has 0 atom stereocenters. The molecule has 2 N–H and O–H groups in total. The highest BCUT2D eigenvalue weighted by atomic mass is 35.5. The van der Waals surface area contributed by atoms with Crippen LogP contribution in [0, 0.1) is 0 Å². The fraction of sp³-hybridized carbons (Fsp3) is 0.111. The van der Waals surface area contributed by atoms with Crippen LogP contribution in [0.15, 0.2) is 71.5 Å². The predicted octanol–water partition coefficient (Wildman–Crippen LogP) is 3.73. The second kappa shape index (κ2) is 10.4. The Morgan fingerprint density at radius 3 is 2.60 bits per heavy atom. The van der Waals surface area contributed by atoms with Gasteiger partial charge in [0, 0.05) is 0 Å². The summed E-state index contributed by atoms with van der Waals surface area (Å²) in [5.41, 5.74) is 1.69. The molecule has 0 aliphatic heterocycles. The Labute approximate surface area is 206 Å². The Bertz CT molecular complexity index is 1540. The fourth-order valence-electron chi connectivity index (χ4n) is 3.57. The number of carboxylic acid groups (broad SMARTS) is 1. The molecule has 1 aromatic heterocycles. The van der Waals surface area contributed by atoms with Gasteiger partial charge in [0.15, 0.2) is 11.5 Å². The molecule has 0 unspecified atom stereocenters. The summed E-state index contributed by atoms with van der Waals surface area (Å²) in [6, 6.07) is 19.2. The summed E-state index contributed by atoms with van der Waals surface area (Å²) in [5, 5.41) is 13.2. The summed E-state index contributed by atoms with van der Waals surface area (Å²) in [4.78, 5) is 24.4. The van der Waals surface area contributed by atoms with Gasteiger partial charge in [-0.15, -0.1) is 0 Å². The van der Waals surface area contributed by atoms with Crippen LogP contribution in [-0.4, -0.2) is 27.5 Å². The van der Waals surface area contributed by atoms with E-state index in [1.54, 1.807) is 30.3 Å². The Morgan fingerprint density at radius 1 is 1.11 bits per heavy atom. The Morgan fingerprint density at radius 2 is 1.89 bits per heavy atom. The van der Waals surface area contributed by atoms with Gasteiger partial charge in [0.1, 0.15) is 6.61 Å². The first-order valence-corrected chi connectivity index (χ1v) is 11.2. The first-order valence-electron chi connectivity index (χ1n) is 10.9. The van der Waals surface area contributed by atoms with Crippen LogP contribution >= 0.6 is 11.6 Å². The van der Waals surface area contributed by atoms with Crippen molar-refractivity contribution in [2.75, 3.05) is 6.61 Å². The standard InChI is InChI=1S/C27H23ClN2O5/c1-3-34-24-14-19(13-23(28)25(24)35-16-18-8-5-4-6-9-18)12-22-17(2)29-30(26(22)31)21-11-7-10-20(15-21)27(32)33/h4-15,29H,2-3,16H2,1H3,(H,32,33)/b22-12+. The molecular weight excluding hydrogens is 468 g/mol. The summed E-state index contributed by atoms with van der Waals surface area (Å²) in [6.45, 7) is 6.51. The van der Waals surface area contributed by atoms with E-state index in [1.807, 2.05) is 37.3 Å². The van der Waals surface area contributed by atoms with Gasteiger partial charge in [-0.05, 0) is 54.5 Å². The van der Waals surface area contributed by atoms with E-state index in [0.717, 1.165) is 5.56 Å². The van der Waals surface area contributed by atoms with Crippen molar-refractivity contribution < 1.29 is 19.4 Å². The number of aromatic amines is 1. The molecule has 1 heterocycles. The first-order chi connectivity index (χ1) is 16.9. The molecule has 0 bridgehead atoms. The van der Waals surface area contributed by atoms with Crippen molar-refractivity contribution in [3.8, 4) is 17.2 Å². The minimum Gasteiger partial charge on any atom is -0.490 e. The second-order valence-corrected chi connectivity index (χ2v) is 8.09. The topological polar surface area (TPSA) is 93.6 Å². The van der Waals surface area contributed by atoms with Crippen molar-refractivity contribution in [2.24, 2.45) is 0 Å². The van der Waals surface area contributed by atoms with Gasteiger partial charge < -0.3 is 14.6 Å². The van der Waals surface area contributed by atoms with E-state index >= 15 is 0 Å². The number of H-pyrrole nitrogens is 1. The van der Waals surface area contributed by atoms with Crippen molar-refractivity contribution in [1.29, 1.82) is 0 Å². The van der Waals surface area contributed by atoms with Crippen LogP contribution in [0.1, 0.15) is 28.4 Å². The average Bonchev–Trinajstić information content (AvgIpc) is 3.13. The van der Waals surface area contributed by atoms with Crippen LogP contribution in [0.2, 0.25) is 5.02 Å². The fourth-order valence-corrected chi connectivity index (χ4v) is 3.85. The van der Waals surface area contributed by atoms with Crippen molar-refractivity contribution in [2.45, 2.75) is 13.5 Å². The molecule has 0 fully saturated rings. The van der Waals surface area contributed by atoms with Gasteiger partial charge in [-0.3, -0.25) is 9.89 Å². The quantitative estimate of drug-likeness (QED) is 0.392. The van der Waals surface area contributed by atoms with E-state index in [4.69, 9.17) is 21.1 Å². The van der Waals surface area contributed by atoms with E-state index in [0.29, 0.717) is 51.6 Å². The van der Waals surface area contributed by atoms with Crippen LogP contribution in [0.4, 0.5) is 0 Å². The highest BCUT2D eigenvalue weighted by Crippen LogP contribution is 2.37. The summed E-state index contributed by atoms with van der Waals surface area (Å²) >= 11 is 6.54. The molecular formula is C27H23ClN2O5. The molecule has 0 aliphatic rings. The number of ether oxygens (including phenoxy) is 2. The van der Waals surface area contributed by atoms with Crippen LogP contribution < -0.4 is 25.6 Å². The van der Waals surface area contributed by atoms with Crippen molar-refractivity contribution in [1.82, 2.24) is 9.78 Å². The number of aromatic carboxylic acids is 1. The van der Waals surface area contributed by atoms with Gasteiger partial charge >= 0.3 is 5.97 Å². The monoisotopic (exact) mass is 490 g/mol. The zero-order valence-electron chi connectivity index (χ0n) is 19.0. The van der Waals surface area contributed by atoms with Crippen LogP contribution in [-0.2, 0) is 6.61 Å². The number of hydrogen-bond acceptors (Lipinski definition) is 4. The third kappa shape index (κ3) is 5.31. The summed E-state index contributed by atoms with van der Waals surface area (Å²) < 4.78 is 13.0. The lowest BCUT2D eigenvalue weighted by Gasteiger charge is -2.14. The molecule has 178 valence electrons. The van der Waals surface area contributed by atoms with Crippen LogP contribution in [0.25, 0.3) is 18.3 Å². The number of rotatable bonds is 8. The number of nitrogens with one attached hydrogen (secondary N) is 1.